The lowest BCUT2D eigenvalue weighted by Crippen LogP contribution is -2.22. The third-order valence-electron chi connectivity index (χ3n) is 3.41. The third-order valence-corrected chi connectivity index (χ3v) is 3.41. The van der Waals surface area contributed by atoms with Gasteiger partial charge in [0.1, 0.15) is 0 Å². The van der Waals surface area contributed by atoms with Crippen LogP contribution in [-0.2, 0) is 9.59 Å². The average molecular weight is 275 g/mol. The van der Waals surface area contributed by atoms with Gasteiger partial charge in [-0.25, -0.2) is 0 Å². The molecule has 1 fully saturated rings. The summed E-state index contributed by atoms with van der Waals surface area (Å²) in [5, 5.41) is 13.0. The Labute approximate surface area is 118 Å². The van der Waals surface area contributed by atoms with Crippen LogP contribution in [0.25, 0.3) is 0 Å². The van der Waals surface area contributed by atoms with Crippen LogP contribution in [0.4, 0.5) is 11.4 Å². The number of aliphatic carboxylic acids is 1. The van der Waals surface area contributed by atoms with Crippen molar-refractivity contribution in [3.8, 4) is 0 Å². The first-order chi connectivity index (χ1) is 9.65. The highest BCUT2D eigenvalue weighted by molar-refractivity contribution is 5.91. The molecule has 0 bridgehead atoms. The quantitative estimate of drug-likeness (QED) is 0.845. The highest BCUT2D eigenvalue weighted by atomic mass is 16.4. The van der Waals surface area contributed by atoms with E-state index < -0.39 is 5.97 Å². The van der Waals surface area contributed by atoms with Crippen molar-refractivity contribution in [3.63, 3.8) is 0 Å². The first kappa shape index (κ1) is 14.4. The van der Waals surface area contributed by atoms with Crippen LogP contribution in [0.2, 0.25) is 0 Å². The maximum Gasteiger partial charge on any atom is 0.224 e. The monoisotopic (exact) mass is 275 g/mol. The van der Waals surface area contributed by atoms with E-state index in [1.807, 2.05) is 24.3 Å². The number of benzene rings is 1. The van der Waals surface area contributed by atoms with Gasteiger partial charge in [-0.15, -0.1) is 0 Å². The van der Waals surface area contributed by atoms with Gasteiger partial charge in [-0.2, -0.15) is 0 Å². The third kappa shape index (κ3) is 4.26. The minimum Gasteiger partial charge on any atom is -0.550 e. The Morgan fingerprint density at radius 1 is 1.10 bits per heavy atom. The fourth-order valence-electron chi connectivity index (χ4n) is 2.35. The zero-order valence-electron chi connectivity index (χ0n) is 11.4. The summed E-state index contributed by atoms with van der Waals surface area (Å²) < 4.78 is 0. The minimum atomic E-state index is -1.12. The van der Waals surface area contributed by atoms with Crippen LogP contribution in [-0.4, -0.2) is 25.0 Å². The van der Waals surface area contributed by atoms with Gasteiger partial charge in [-0.3, -0.25) is 4.79 Å². The largest absolute Gasteiger partial charge is 0.550 e. The second kappa shape index (κ2) is 6.93. The number of carbonyl (C=O) groups excluding carboxylic acids is 2. The highest BCUT2D eigenvalue weighted by Gasteiger charge is 2.12. The topological polar surface area (TPSA) is 72.5 Å². The molecule has 0 aliphatic carbocycles. The Kier molecular flexibility index (Phi) is 4.98. The molecule has 1 N–H and O–H groups in total. The molecule has 1 aromatic carbocycles. The number of nitrogens with one attached hydrogen (secondary N) is 1. The second-order valence-electron chi connectivity index (χ2n) is 5.01. The van der Waals surface area contributed by atoms with Gasteiger partial charge >= 0.3 is 0 Å². The molecule has 1 aliphatic heterocycles. The van der Waals surface area contributed by atoms with Gasteiger partial charge < -0.3 is 20.1 Å². The molecule has 1 heterocycles. The summed E-state index contributed by atoms with van der Waals surface area (Å²) in [4.78, 5) is 24.2. The molecule has 1 saturated heterocycles. The van der Waals surface area contributed by atoms with Gasteiger partial charge in [0, 0.05) is 36.9 Å². The molecule has 0 aromatic heterocycles. The number of nitrogens with zero attached hydrogens (tertiary/aromatic N) is 1. The number of rotatable bonds is 6. The van der Waals surface area contributed by atoms with Crippen molar-refractivity contribution >= 4 is 23.3 Å². The molecule has 5 nitrogen and oxygen atoms in total. The zero-order chi connectivity index (χ0) is 14.4. The number of amides is 1. The van der Waals surface area contributed by atoms with Crippen molar-refractivity contribution in [2.75, 3.05) is 23.3 Å². The van der Waals surface area contributed by atoms with Gasteiger partial charge in [0.15, 0.2) is 0 Å². The van der Waals surface area contributed by atoms with Crippen LogP contribution < -0.4 is 15.3 Å². The number of anilines is 2. The molecule has 1 aromatic rings. The molecule has 20 heavy (non-hydrogen) atoms. The lowest BCUT2D eigenvalue weighted by atomic mass is 10.2. The molecule has 0 saturated carbocycles. The molecule has 0 unspecified atom stereocenters. The van der Waals surface area contributed by atoms with Crippen LogP contribution in [0.1, 0.15) is 32.1 Å². The van der Waals surface area contributed by atoms with Crippen LogP contribution in [0, 0.1) is 0 Å². The molecule has 108 valence electrons. The van der Waals surface area contributed by atoms with Crippen molar-refractivity contribution in [2.24, 2.45) is 0 Å². The lowest BCUT2D eigenvalue weighted by molar-refractivity contribution is -0.305. The fraction of sp³-hybridized carbons (Fsp3) is 0.467. The standard InChI is InChI=1S/C15H20N2O3/c18-14(4-3-5-15(19)20)16-12-6-8-13(9-7-12)17-10-1-2-11-17/h6-9H,1-5,10-11H2,(H,16,18)(H,19,20)/p-1. The summed E-state index contributed by atoms with van der Waals surface area (Å²) >= 11 is 0. The summed E-state index contributed by atoms with van der Waals surface area (Å²) in [5.74, 6) is -1.28. The smallest absolute Gasteiger partial charge is 0.224 e. The van der Waals surface area contributed by atoms with Gasteiger partial charge in [0.2, 0.25) is 5.91 Å². The molecule has 5 heteroatoms. The summed E-state index contributed by atoms with van der Waals surface area (Å²) in [6, 6.07) is 7.76. The maximum absolute atomic E-state index is 11.6. The lowest BCUT2D eigenvalue weighted by Gasteiger charge is -2.17. The van der Waals surface area contributed by atoms with Crippen LogP contribution in [0.5, 0.6) is 0 Å². The maximum atomic E-state index is 11.6. The summed E-state index contributed by atoms with van der Waals surface area (Å²) in [6.07, 6.45) is 2.89. The van der Waals surface area contributed by atoms with Gasteiger partial charge in [-0.1, -0.05) is 0 Å². The van der Waals surface area contributed by atoms with Gasteiger partial charge in [0.05, 0.1) is 0 Å². The Bertz CT molecular complexity index is 465. The Morgan fingerprint density at radius 3 is 2.35 bits per heavy atom. The Morgan fingerprint density at radius 2 is 1.75 bits per heavy atom. The second-order valence-corrected chi connectivity index (χ2v) is 5.01. The molecule has 1 aliphatic rings. The Balaban J connectivity index is 1.80. The number of carbonyl (C=O) groups is 2. The number of hydrogen-bond donors (Lipinski definition) is 1. The van der Waals surface area contributed by atoms with E-state index in [2.05, 4.69) is 10.2 Å². The van der Waals surface area contributed by atoms with Gasteiger partial charge in [-0.05, 0) is 49.9 Å². The summed E-state index contributed by atoms with van der Waals surface area (Å²) in [6.45, 7) is 2.18. The molecular formula is C15H19N2O3-. The highest BCUT2D eigenvalue weighted by Crippen LogP contribution is 2.22. The van der Waals surface area contributed by atoms with Crippen molar-refractivity contribution < 1.29 is 14.7 Å². The SMILES string of the molecule is O=C([O-])CCCC(=O)Nc1ccc(N2CCCC2)cc1. The number of carboxylic acids is 1. The van der Waals surface area contributed by atoms with E-state index in [4.69, 9.17) is 0 Å². The molecule has 2 rings (SSSR count). The average Bonchev–Trinajstić information content (AvgIpc) is 2.93. The molecule has 0 atom stereocenters. The van der Waals surface area contributed by atoms with E-state index in [0.717, 1.165) is 18.8 Å². The Hall–Kier alpha value is -2.04. The van der Waals surface area contributed by atoms with Crippen LogP contribution >= 0.6 is 0 Å². The zero-order valence-corrected chi connectivity index (χ0v) is 11.4. The fourth-order valence-corrected chi connectivity index (χ4v) is 2.35. The molecule has 1 amide bonds. The summed E-state index contributed by atoms with van der Waals surface area (Å²) in [5.41, 5.74) is 1.92. The molecule has 0 radical (unpaired) electrons. The minimum absolute atomic E-state index is 0.0820. The van der Waals surface area contributed by atoms with E-state index in [1.54, 1.807) is 0 Å². The molecule has 0 spiro atoms. The van der Waals surface area contributed by atoms with E-state index in [0.29, 0.717) is 6.42 Å². The normalized spacial score (nSPS) is 14.3. The van der Waals surface area contributed by atoms with Crippen LogP contribution in [0.3, 0.4) is 0 Å². The summed E-state index contributed by atoms with van der Waals surface area (Å²) in [7, 11) is 0. The van der Waals surface area contributed by atoms with E-state index in [9.17, 15) is 14.7 Å². The van der Waals surface area contributed by atoms with E-state index in [1.165, 1.54) is 18.5 Å². The first-order valence-corrected chi connectivity index (χ1v) is 7.00. The number of carboxylic acid groups (broad SMARTS) is 1. The van der Waals surface area contributed by atoms with Crippen molar-refractivity contribution in [3.05, 3.63) is 24.3 Å². The van der Waals surface area contributed by atoms with E-state index in [-0.39, 0.29) is 18.7 Å². The van der Waals surface area contributed by atoms with Crippen molar-refractivity contribution in [1.82, 2.24) is 0 Å². The predicted octanol–water partition coefficient (Wildman–Crippen LogP) is 1.15. The predicted molar refractivity (Wildman–Crippen MR) is 75.4 cm³/mol. The van der Waals surface area contributed by atoms with Crippen molar-refractivity contribution in [2.45, 2.75) is 32.1 Å². The van der Waals surface area contributed by atoms with Gasteiger partial charge in [0.25, 0.3) is 0 Å². The molecular weight excluding hydrogens is 256 g/mol. The van der Waals surface area contributed by atoms with Crippen molar-refractivity contribution in [1.29, 1.82) is 0 Å². The first-order valence-electron chi connectivity index (χ1n) is 7.00. The van der Waals surface area contributed by atoms with Crippen LogP contribution in [0.15, 0.2) is 24.3 Å². The van der Waals surface area contributed by atoms with E-state index >= 15 is 0 Å². The number of hydrogen-bond acceptors (Lipinski definition) is 4.